The predicted octanol–water partition coefficient (Wildman–Crippen LogP) is 3.67. The largest absolute Gasteiger partial charge is 0.311 e. The van der Waals surface area contributed by atoms with Crippen molar-refractivity contribution in [1.29, 1.82) is 0 Å². The molecule has 112 valence electrons. The third kappa shape index (κ3) is 3.95. The minimum absolute atomic E-state index is 0.389. The lowest BCUT2D eigenvalue weighted by atomic mass is 9.79. The Bertz CT molecular complexity index is 263. The highest BCUT2D eigenvalue weighted by Crippen LogP contribution is 2.32. The summed E-state index contributed by atoms with van der Waals surface area (Å²) in [4.78, 5) is 2.77. The SMILES string of the molecule is CCCN1CC(C2CCCCC2)NCC1C(C)(C)C. The molecular weight excluding hydrogens is 232 g/mol. The highest BCUT2D eigenvalue weighted by Gasteiger charge is 2.37. The molecule has 19 heavy (non-hydrogen) atoms. The van der Waals surface area contributed by atoms with Crippen molar-refractivity contribution in [3.63, 3.8) is 0 Å². The molecular formula is C17H34N2. The summed E-state index contributed by atoms with van der Waals surface area (Å²) in [5.41, 5.74) is 0.389. The monoisotopic (exact) mass is 266 g/mol. The van der Waals surface area contributed by atoms with Gasteiger partial charge in [0.2, 0.25) is 0 Å². The molecule has 2 aliphatic rings. The van der Waals surface area contributed by atoms with Gasteiger partial charge in [0, 0.05) is 25.2 Å². The van der Waals surface area contributed by atoms with Gasteiger partial charge in [-0.25, -0.2) is 0 Å². The second kappa shape index (κ2) is 6.58. The Labute approximate surface area is 120 Å². The Hall–Kier alpha value is -0.0800. The summed E-state index contributed by atoms with van der Waals surface area (Å²) >= 11 is 0. The lowest BCUT2D eigenvalue weighted by Gasteiger charge is -2.48. The van der Waals surface area contributed by atoms with Gasteiger partial charge in [0.25, 0.3) is 0 Å². The number of nitrogens with zero attached hydrogens (tertiary/aromatic N) is 1. The number of hydrogen-bond donors (Lipinski definition) is 1. The molecule has 1 saturated heterocycles. The predicted molar refractivity (Wildman–Crippen MR) is 83.5 cm³/mol. The van der Waals surface area contributed by atoms with Crippen LogP contribution < -0.4 is 5.32 Å². The molecule has 2 nitrogen and oxygen atoms in total. The molecule has 0 radical (unpaired) electrons. The molecule has 0 aromatic carbocycles. The Kier molecular flexibility index (Phi) is 5.30. The van der Waals surface area contributed by atoms with Gasteiger partial charge in [0.1, 0.15) is 0 Å². The van der Waals surface area contributed by atoms with Crippen LogP contribution in [0, 0.1) is 11.3 Å². The van der Waals surface area contributed by atoms with Crippen LogP contribution in [0.15, 0.2) is 0 Å². The molecule has 2 heteroatoms. The lowest BCUT2D eigenvalue weighted by molar-refractivity contribution is 0.0377. The molecule has 1 aliphatic carbocycles. The Morgan fingerprint density at radius 2 is 1.79 bits per heavy atom. The first-order chi connectivity index (χ1) is 9.02. The van der Waals surface area contributed by atoms with E-state index in [9.17, 15) is 0 Å². The molecule has 0 spiro atoms. The Balaban J connectivity index is 1.97. The number of hydrogen-bond acceptors (Lipinski definition) is 2. The van der Waals surface area contributed by atoms with Crippen LogP contribution in [-0.2, 0) is 0 Å². The standard InChI is InChI=1S/C17H34N2/c1-5-11-19-13-15(14-9-7-6-8-10-14)18-12-16(19)17(2,3)4/h14-16,18H,5-13H2,1-4H3. The van der Waals surface area contributed by atoms with Gasteiger partial charge in [-0.3, -0.25) is 4.90 Å². The van der Waals surface area contributed by atoms with E-state index < -0.39 is 0 Å². The molecule has 2 atom stereocenters. The van der Waals surface area contributed by atoms with Crippen LogP contribution in [0.1, 0.15) is 66.2 Å². The highest BCUT2D eigenvalue weighted by molar-refractivity contribution is 4.94. The first-order valence-electron chi connectivity index (χ1n) is 8.49. The van der Waals surface area contributed by atoms with E-state index in [1.807, 2.05) is 0 Å². The summed E-state index contributed by atoms with van der Waals surface area (Å²) in [5.74, 6) is 0.939. The number of piperazine rings is 1. The molecule has 0 aromatic rings. The molecule has 2 unspecified atom stereocenters. The van der Waals surface area contributed by atoms with Crippen molar-refractivity contribution in [3.8, 4) is 0 Å². The molecule has 1 aliphatic heterocycles. The van der Waals surface area contributed by atoms with Crippen molar-refractivity contribution in [2.45, 2.75) is 78.3 Å². The van der Waals surface area contributed by atoms with E-state index in [4.69, 9.17) is 0 Å². The fourth-order valence-corrected chi connectivity index (χ4v) is 4.08. The maximum absolute atomic E-state index is 3.89. The van der Waals surface area contributed by atoms with Gasteiger partial charge in [0.15, 0.2) is 0 Å². The maximum Gasteiger partial charge on any atom is 0.0269 e. The van der Waals surface area contributed by atoms with E-state index >= 15 is 0 Å². The molecule has 1 saturated carbocycles. The summed E-state index contributed by atoms with van der Waals surface area (Å²) in [6.45, 7) is 13.2. The zero-order valence-corrected chi connectivity index (χ0v) is 13.5. The van der Waals surface area contributed by atoms with Crippen molar-refractivity contribution in [2.24, 2.45) is 11.3 Å². The molecule has 1 heterocycles. The summed E-state index contributed by atoms with van der Waals surface area (Å²) in [6.07, 6.45) is 8.57. The minimum atomic E-state index is 0.389. The zero-order valence-electron chi connectivity index (χ0n) is 13.5. The van der Waals surface area contributed by atoms with E-state index in [2.05, 4.69) is 37.9 Å². The van der Waals surface area contributed by atoms with Crippen molar-refractivity contribution in [3.05, 3.63) is 0 Å². The zero-order chi connectivity index (χ0) is 13.9. The second-order valence-electron chi connectivity index (χ2n) is 7.79. The van der Waals surface area contributed by atoms with E-state index in [-0.39, 0.29) is 0 Å². The topological polar surface area (TPSA) is 15.3 Å². The van der Waals surface area contributed by atoms with Crippen LogP contribution >= 0.6 is 0 Å². The average Bonchev–Trinajstić information content (AvgIpc) is 2.39. The van der Waals surface area contributed by atoms with Crippen molar-refractivity contribution in [1.82, 2.24) is 10.2 Å². The van der Waals surface area contributed by atoms with Gasteiger partial charge >= 0.3 is 0 Å². The third-order valence-corrected chi connectivity index (χ3v) is 5.17. The van der Waals surface area contributed by atoms with Crippen LogP contribution in [0.25, 0.3) is 0 Å². The number of rotatable bonds is 3. The van der Waals surface area contributed by atoms with Crippen molar-refractivity contribution in [2.75, 3.05) is 19.6 Å². The molecule has 0 aromatic heterocycles. The van der Waals surface area contributed by atoms with Gasteiger partial charge in [-0.1, -0.05) is 47.0 Å². The van der Waals surface area contributed by atoms with Gasteiger partial charge in [-0.15, -0.1) is 0 Å². The Morgan fingerprint density at radius 1 is 1.11 bits per heavy atom. The van der Waals surface area contributed by atoms with Crippen LogP contribution in [-0.4, -0.2) is 36.6 Å². The second-order valence-corrected chi connectivity index (χ2v) is 7.79. The van der Waals surface area contributed by atoms with Gasteiger partial charge in [-0.2, -0.15) is 0 Å². The summed E-state index contributed by atoms with van der Waals surface area (Å²) < 4.78 is 0. The highest BCUT2D eigenvalue weighted by atomic mass is 15.2. The first kappa shape index (κ1) is 15.3. The van der Waals surface area contributed by atoms with E-state index in [0.717, 1.165) is 12.0 Å². The lowest BCUT2D eigenvalue weighted by Crippen LogP contribution is -2.62. The minimum Gasteiger partial charge on any atom is -0.311 e. The fourth-order valence-electron chi connectivity index (χ4n) is 4.08. The van der Waals surface area contributed by atoms with Crippen molar-refractivity contribution < 1.29 is 0 Å². The van der Waals surface area contributed by atoms with Crippen LogP contribution in [0.3, 0.4) is 0 Å². The van der Waals surface area contributed by atoms with Crippen molar-refractivity contribution >= 4 is 0 Å². The van der Waals surface area contributed by atoms with E-state index in [1.165, 1.54) is 58.2 Å². The normalized spacial score (nSPS) is 31.6. The molecule has 2 rings (SSSR count). The van der Waals surface area contributed by atoms with Gasteiger partial charge in [0.05, 0.1) is 0 Å². The molecule has 1 N–H and O–H groups in total. The first-order valence-corrected chi connectivity index (χ1v) is 8.49. The van der Waals surface area contributed by atoms with Gasteiger partial charge < -0.3 is 5.32 Å². The van der Waals surface area contributed by atoms with E-state index in [1.54, 1.807) is 0 Å². The quantitative estimate of drug-likeness (QED) is 0.838. The summed E-state index contributed by atoms with van der Waals surface area (Å²) in [7, 11) is 0. The summed E-state index contributed by atoms with van der Waals surface area (Å²) in [5, 5.41) is 3.89. The molecule has 0 amide bonds. The van der Waals surface area contributed by atoms with Crippen LogP contribution in [0.2, 0.25) is 0 Å². The van der Waals surface area contributed by atoms with Crippen LogP contribution in [0.5, 0.6) is 0 Å². The van der Waals surface area contributed by atoms with E-state index in [0.29, 0.717) is 11.5 Å². The number of nitrogens with one attached hydrogen (secondary N) is 1. The fraction of sp³-hybridized carbons (Fsp3) is 1.00. The van der Waals surface area contributed by atoms with Crippen LogP contribution in [0.4, 0.5) is 0 Å². The third-order valence-electron chi connectivity index (χ3n) is 5.17. The smallest absolute Gasteiger partial charge is 0.0269 e. The van der Waals surface area contributed by atoms with Gasteiger partial charge in [-0.05, 0) is 37.1 Å². The Morgan fingerprint density at radius 3 is 2.37 bits per heavy atom. The maximum atomic E-state index is 3.89. The molecule has 2 fully saturated rings. The average molecular weight is 266 g/mol. The molecule has 0 bridgehead atoms. The summed E-state index contributed by atoms with van der Waals surface area (Å²) in [6, 6.07) is 1.46.